The van der Waals surface area contributed by atoms with E-state index in [4.69, 9.17) is 4.42 Å². The van der Waals surface area contributed by atoms with Crippen LogP contribution in [0.4, 0.5) is 0 Å². The average molecular weight is 356 g/mol. The Bertz CT molecular complexity index is 1020. The highest BCUT2D eigenvalue weighted by Gasteiger charge is 2.40. The lowest BCUT2D eigenvalue weighted by molar-refractivity contribution is 0.0653. The standard InChI is InChI=1S/C18H16N2O4S/c21-18(17-8-7-13-4-1-2-6-16(13)19-17)20-10-15(11-20)25(22,23)12-14-5-3-9-24-14/h1-9,15H,10-12H2. The Morgan fingerprint density at radius 3 is 2.68 bits per heavy atom. The summed E-state index contributed by atoms with van der Waals surface area (Å²) in [6, 6.07) is 14.4. The molecule has 7 heteroatoms. The number of nitrogens with zero attached hydrogens (tertiary/aromatic N) is 2. The zero-order chi connectivity index (χ0) is 17.4. The average Bonchev–Trinajstić information content (AvgIpc) is 3.04. The van der Waals surface area contributed by atoms with Crippen LogP contribution in [0.5, 0.6) is 0 Å². The Morgan fingerprint density at radius 2 is 1.92 bits per heavy atom. The van der Waals surface area contributed by atoms with Gasteiger partial charge in [0.1, 0.15) is 17.2 Å². The summed E-state index contributed by atoms with van der Waals surface area (Å²) < 4.78 is 29.8. The number of carbonyl (C=O) groups excluding carboxylic acids is 1. The molecular formula is C18H16N2O4S. The number of fused-ring (bicyclic) bond motifs is 1. The number of amides is 1. The van der Waals surface area contributed by atoms with E-state index in [1.165, 1.54) is 11.2 Å². The molecule has 25 heavy (non-hydrogen) atoms. The van der Waals surface area contributed by atoms with Crippen molar-refractivity contribution >= 4 is 26.6 Å². The minimum Gasteiger partial charge on any atom is -0.468 e. The third-order valence-electron chi connectivity index (χ3n) is 4.38. The number of aromatic nitrogens is 1. The van der Waals surface area contributed by atoms with E-state index in [0.29, 0.717) is 11.5 Å². The van der Waals surface area contributed by atoms with Gasteiger partial charge < -0.3 is 9.32 Å². The first-order chi connectivity index (χ1) is 12.0. The number of sulfone groups is 1. The highest BCUT2D eigenvalue weighted by molar-refractivity contribution is 7.91. The SMILES string of the molecule is O=C(c1ccc2ccccc2n1)N1CC(S(=O)(=O)Cc2ccco2)C1. The van der Waals surface area contributed by atoms with Gasteiger partial charge in [0.25, 0.3) is 5.91 Å². The van der Waals surface area contributed by atoms with Crippen molar-refractivity contribution in [3.63, 3.8) is 0 Å². The van der Waals surface area contributed by atoms with Gasteiger partial charge in [0, 0.05) is 18.5 Å². The summed E-state index contributed by atoms with van der Waals surface area (Å²) in [6.45, 7) is 0.382. The summed E-state index contributed by atoms with van der Waals surface area (Å²) >= 11 is 0. The largest absolute Gasteiger partial charge is 0.468 e. The molecule has 1 aliphatic rings. The molecule has 0 aliphatic carbocycles. The number of carbonyl (C=O) groups is 1. The van der Waals surface area contributed by atoms with Crippen LogP contribution < -0.4 is 0 Å². The van der Waals surface area contributed by atoms with E-state index >= 15 is 0 Å². The quantitative estimate of drug-likeness (QED) is 0.716. The molecule has 1 aromatic carbocycles. The fourth-order valence-electron chi connectivity index (χ4n) is 2.89. The molecule has 1 fully saturated rings. The van der Waals surface area contributed by atoms with Gasteiger partial charge >= 0.3 is 0 Å². The lowest BCUT2D eigenvalue weighted by atomic mass is 10.1. The van der Waals surface area contributed by atoms with E-state index in [1.807, 2.05) is 30.3 Å². The highest BCUT2D eigenvalue weighted by Crippen LogP contribution is 2.23. The summed E-state index contributed by atoms with van der Waals surface area (Å²) in [7, 11) is -3.34. The third kappa shape index (κ3) is 3.02. The second kappa shape index (κ2) is 6.00. The smallest absolute Gasteiger partial charge is 0.272 e. The fraction of sp³-hybridized carbons (Fsp3) is 0.222. The minimum atomic E-state index is -3.34. The van der Waals surface area contributed by atoms with Gasteiger partial charge in [0.05, 0.1) is 17.0 Å². The number of hydrogen-bond donors (Lipinski definition) is 0. The molecule has 0 unspecified atom stereocenters. The number of para-hydroxylation sites is 1. The van der Waals surface area contributed by atoms with E-state index in [-0.39, 0.29) is 24.7 Å². The first kappa shape index (κ1) is 15.8. The number of likely N-dealkylation sites (tertiary alicyclic amines) is 1. The molecule has 4 rings (SSSR count). The van der Waals surface area contributed by atoms with Crippen LogP contribution in [0.25, 0.3) is 10.9 Å². The maximum Gasteiger partial charge on any atom is 0.272 e. The Morgan fingerprint density at radius 1 is 1.12 bits per heavy atom. The van der Waals surface area contributed by atoms with E-state index in [9.17, 15) is 13.2 Å². The Labute approximate surface area is 145 Å². The lowest BCUT2D eigenvalue weighted by Gasteiger charge is -2.38. The van der Waals surface area contributed by atoms with Crippen LogP contribution >= 0.6 is 0 Å². The van der Waals surface area contributed by atoms with Gasteiger partial charge in [-0.25, -0.2) is 13.4 Å². The van der Waals surface area contributed by atoms with Crippen molar-refractivity contribution in [2.45, 2.75) is 11.0 Å². The Balaban J connectivity index is 1.45. The van der Waals surface area contributed by atoms with Crippen molar-refractivity contribution in [3.05, 3.63) is 66.2 Å². The summed E-state index contributed by atoms with van der Waals surface area (Å²) in [6.07, 6.45) is 1.45. The second-order valence-electron chi connectivity index (χ2n) is 6.11. The first-order valence-electron chi connectivity index (χ1n) is 7.92. The number of rotatable bonds is 4. The molecule has 0 bridgehead atoms. The molecule has 3 heterocycles. The van der Waals surface area contributed by atoms with Crippen molar-refractivity contribution in [1.82, 2.24) is 9.88 Å². The molecule has 2 aromatic heterocycles. The molecule has 0 N–H and O–H groups in total. The zero-order valence-electron chi connectivity index (χ0n) is 13.3. The molecule has 6 nitrogen and oxygen atoms in total. The number of hydrogen-bond acceptors (Lipinski definition) is 5. The van der Waals surface area contributed by atoms with E-state index < -0.39 is 15.1 Å². The van der Waals surface area contributed by atoms with Crippen LogP contribution in [0, 0.1) is 0 Å². The molecule has 3 aromatic rings. The molecule has 128 valence electrons. The minimum absolute atomic E-state index is 0.138. The zero-order valence-corrected chi connectivity index (χ0v) is 14.1. The van der Waals surface area contributed by atoms with Gasteiger partial charge in [0.15, 0.2) is 9.84 Å². The van der Waals surface area contributed by atoms with Gasteiger partial charge in [-0.3, -0.25) is 4.79 Å². The van der Waals surface area contributed by atoms with E-state index in [2.05, 4.69) is 4.98 Å². The number of benzene rings is 1. The summed E-state index contributed by atoms with van der Waals surface area (Å²) in [5.41, 5.74) is 1.08. The molecule has 0 saturated carbocycles. The maximum absolute atomic E-state index is 12.5. The lowest BCUT2D eigenvalue weighted by Crippen LogP contribution is -2.57. The van der Waals surface area contributed by atoms with Crippen molar-refractivity contribution in [3.8, 4) is 0 Å². The molecular weight excluding hydrogens is 340 g/mol. The van der Waals surface area contributed by atoms with Crippen molar-refractivity contribution < 1.29 is 17.6 Å². The van der Waals surface area contributed by atoms with Gasteiger partial charge in [-0.2, -0.15) is 0 Å². The van der Waals surface area contributed by atoms with Gasteiger partial charge in [-0.15, -0.1) is 0 Å². The molecule has 0 spiro atoms. The maximum atomic E-state index is 12.5. The van der Waals surface area contributed by atoms with Crippen LogP contribution in [0.15, 0.2) is 59.2 Å². The highest BCUT2D eigenvalue weighted by atomic mass is 32.2. The second-order valence-corrected chi connectivity index (χ2v) is 8.39. The molecule has 0 radical (unpaired) electrons. The third-order valence-corrected chi connectivity index (χ3v) is 6.38. The van der Waals surface area contributed by atoms with Crippen LogP contribution in [0.2, 0.25) is 0 Å². The van der Waals surface area contributed by atoms with Crippen LogP contribution in [-0.2, 0) is 15.6 Å². The van der Waals surface area contributed by atoms with E-state index in [1.54, 1.807) is 18.2 Å². The van der Waals surface area contributed by atoms with Crippen LogP contribution in [0.1, 0.15) is 16.2 Å². The molecule has 0 atom stereocenters. The predicted octanol–water partition coefficient (Wildman–Crippen LogP) is 2.27. The summed E-state index contributed by atoms with van der Waals surface area (Å²) in [5.74, 6) is 0.0390. The molecule has 1 aliphatic heterocycles. The van der Waals surface area contributed by atoms with Crippen LogP contribution in [0.3, 0.4) is 0 Å². The normalized spacial score (nSPS) is 15.3. The Kier molecular flexibility index (Phi) is 3.80. The molecule has 1 saturated heterocycles. The van der Waals surface area contributed by atoms with Crippen molar-refractivity contribution in [2.75, 3.05) is 13.1 Å². The first-order valence-corrected chi connectivity index (χ1v) is 9.63. The topological polar surface area (TPSA) is 80.5 Å². The van der Waals surface area contributed by atoms with Crippen molar-refractivity contribution in [1.29, 1.82) is 0 Å². The number of furan rings is 1. The van der Waals surface area contributed by atoms with Gasteiger partial charge in [0.2, 0.25) is 0 Å². The van der Waals surface area contributed by atoms with Gasteiger partial charge in [-0.05, 0) is 24.3 Å². The summed E-state index contributed by atoms with van der Waals surface area (Å²) in [4.78, 5) is 18.4. The van der Waals surface area contributed by atoms with Gasteiger partial charge in [-0.1, -0.05) is 24.3 Å². The molecule has 1 amide bonds. The Hall–Kier alpha value is -2.67. The van der Waals surface area contributed by atoms with E-state index in [0.717, 1.165) is 10.9 Å². The summed E-state index contributed by atoms with van der Waals surface area (Å²) in [5, 5.41) is 0.406. The van der Waals surface area contributed by atoms with Crippen LogP contribution in [-0.4, -0.2) is 42.5 Å². The predicted molar refractivity (Wildman–Crippen MR) is 92.8 cm³/mol. The fourth-order valence-corrected chi connectivity index (χ4v) is 4.50. The monoisotopic (exact) mass is 356 g/mol. The van der Waals surface area contributed by atoms with Crippen molar-refractivity contribution in [2.24, 2.45) is 0 Å². The number of pyridine rings is 1.